The van der Waals surface area contributed by atoms with Gasteiger partial charge in [-0.3, -0.25) is 19.3 Å². The first-order valence-corrected chi connectivity index (χ1v) is 10.7. The van der Waals surface area contributed by atoms with Gasteiger partial charge < -0.3 is 19.7 Å². The number of hydrogen-bond acceptors (Lipinski definition) is 6. The molecule has 0 bridgehead atoms. The van der Waals surface area contributed by atoms with Crippen LogP contribution in [0.25, 0.3) is 5.76 Å². The molecule has 178 valence electrons. The van der Waals surface area contributed by atoms with Gasteiger partial charge in [-0.1, -0.05) is 42.5 Å². The van der Waals surface area contributed by atoms with Gasteiger partial charge in [-0.25, -0.2) is 0 Å². The van der Waals surface area contributed by atoms with Crippen molar-refractivity contribution in [2.24, 2.45) is 0 Å². The Labute approximate surface area is 201 Å². The van der Waals surface area contributed by atoms with E-state index in [1.54, 1.807) is 60.7 Å². The van der Waals surface area contributed by atoms with Crippen LogP contribution in [0.15, 0.2) is 78.4 Å². The maximum atomic E-state index is 13.3. The predicted octanol–water partition coefficient (Wildman–Crippen LogP) is 3.96. The largest absolute Gasteiger partial charge is 0.507 e. The zero-order valence-electron chi connectivity index (χ0n) is 19.1. The molecule has 0 spiro atoms. The molecule has 1 atom stereocenters. The van der Waals surface area contributed by atoms with Crippen LogP contribution in [-0.2, 0) is 20.8 Å². The topological polar surface area (TPSA) is 113 Å². The second-order valence-corrected chi connectivity index (χ2v) is 7.88. The molecule has 4 rings (SSSR count). The second kappa shape index (κ2) is 9.72. The number of aliphatic hydroxyl groups excluding tert-OH is 1. The lowest BCUT2D eigenvalue weighted by Gasteiger charge is -2.25. The molecule has 1 unspecified atom stereocenters. The second-order valence-electron chi connectivity index (χ2n) is 7.88. The number of hydrogen-bond donors (Lipinski definition) is 2. The first kappa shape index (κ1) is 23.6. The highest BCUT2D eigenvalue weighted by Gasteiger charge is 2.47. The van der Waals surface area contributed by atoms with Gasteiger partial charge in [-0.2, -0.15) is 0 Å². The number of carbonyl (C=O) groups excluding carboxylic acids is 2. The predicted molar refractivity (Wildman–Crippen MR) is 129 cm³/mol. The van der Waals surface area contributed by atoms with Crippen LogP contribution in [0.2, 0.25) is 0 Å². The molecule has 3 aromatic rings. The Hall–Kier alpha value is -4.59. The molecule has 1 saturated heterocycles. The number of methoxy groups -OCH3 is 2. The standard InChI is InChI=1S/C27H23NO7/c1-34-19-12-13-21(35-2)20(15-19)25(31)23-24(17-6-4-3-5-7-17)28(27(33)26(23)32)18-10-8-16(9-11-18)14-22(29)30/h3-13,15,24,31H,14H2,1-2H3,(H,29,30)/b25-23+. The summed E-state index contributed by atoms with van der Waals surface area (Å²) in [6.07, 6.45) is -0.170. The summed E-state index contributed by atoms with van der Waals surface area (Å²) in [5, 5.41) is 20.4. The number of anilines is 1. The molecule has 35 heavy (non-hydrogen) atoms. The molecule has 2 N–H and O–H groups in total. The molecule has 0 saturated carbocycles. The molecular weight excluding hydrogens is 450 g/mol. The summed E-state index contributed by atoms with van der Waals surface area (Å²) in [4.78, 5) is 38.9. The lowest BCUT2D eigenvalue weighted by atomic mass is 9.94. The minimum atomic E-state index is -0.977. The fourth-order valence-corrected chi connectivity index (χ4v) is 4.14. The highest BCUT2D eigenvalue weighted by molar-refractivity contribution is 6.51. The lowest BCUT2D eigenvalue weighted by molar-refractivity contribution is -0.136. The van der Waals surface area contributed by atoms with Crippen LogP contribution in [0.3, 0.4) is 0 Å². The number of aliphatic hydroxyl groups is 1. The van der Waals surface area contributed by atoms with Gasteiger partial charge in [0.1, 0.15) is 17.3 Å². The Morgan fingerprint density at radius 2 is 1.60 bits per heavy atom. The fraction of sp³-hybridized carbons (Fsp3) is 0.148. The summed E-state index contributed by atoms with van der Waals surface area (Å²) in [5.41, 5.74) is 1.68. The number of ketones is 1. The Bertz CT molecular complexity index is 1310. The van der Waals surface area contributed by atoms with Crippen LogP contribution in [0, 0.1) is 0 Å². The van der Waals surface area contributed by atoms with Gasteiger partial charge in [0.25, 0.3) is 11.7 Å². The minimum Gasteiger partial charge on any atom is -0.507 e. The van der Waals surface area contributed by atoms with Crippen LogP contribution in [0.4, 0.5) is 5.69 Å². The summed E-state index contributed by atoms with van der Waals surface area (Å²) in [6, 6.07) is 19.1. The molecule has 0 aromatic heterocycles. The molecule has 0 radical (unpaired) electrons. The number of ether oxygens (including phenoxy) is 2. The zero-order chi connectivity index (χ0) is 25.1. The minimum absolute atomic E-state index is 0.0950. The highest BCUT2D eigenvalue weighted by atomic mass is 16.5. The number of Topliss-reactive ketones (excluding diaryl/α,β-unsaturated/α-hetero) is 1. The van der Waals surface area contributed by atoms with Crippen molar-refractivity contribution in [3.05, 3.63) is 95.1 Å². The van der Waals surface area contributed by atoms with Crippen molar-refractivity contribution in [1.29, 1.82) is 0 Å². The first-order chi connectivity index (χ1) is 16.8. The third-order valence-electron chi connectivity index (χ3n) is 5.79. The van der Waals surface area contributed by atoms with Crippen molar-refractivity contribution in [3.8, 4) is 11.5 Å². The summed E-state index contributed by atoms with van der Waals surface area (Å²) in [5.74, 6) is -2.29. The number of carboxylic acids is 1. The molecule has 1 amide bonds. The monoisotopic (exact) mass is 473 g/mol. The maximum Gasteiger partial charge on any atom is 0.307 e. The van der Waals surface area contributed by atoms with E-state index in [-0.39, 0.29) is 17.6 Å². The number of carboxylic acid groups (broad SMARTS) is 1. The van der Waals surface area contributed by atoms with Gasteiger partial charge >= 0.3 is 5.97 Å². The molecule has 1 aliphatic rings. The van der Waals surface area contributed by atoms with Crippen molar-refractivity contribution < 1.29 is 34.1 Å². The van der Waals surface area contributed by atoms with Crippen molar-refractivity contribution in [3.63, 3.8) is 0 Å². The molecular formula is C27H23NO7. The average molecular weight is 473 g/mol. The Balaban J connectivity index is 1.90. The van der Waals surface area contributed by atoms with E-state index in [1.807, 2.05) is 6.07 Å². The Morgan fingerprint density at radius 3 is 2.20 bits per heavy atom. The van der Waals surface area contributed by atoms with E-state index in [1.165, 1.54) is 25.2 Å². The average Bonchev–Trinajstić information content (AvgIpc) is 3.14. The van der Waals surface area contributed by atoms with Crippen LogP contribution in [-0.4, -0.2) is 42.1 Å². The van der Waals surface area contributed by atoms with Gasteiger partial charge in [-0.05, 0) is 41.5 Å². The molecule has 1 aliphatic heterocycles. The summed E-state index contributed by atoms with van der Waals surface area (Å²) < 4.78 is 10.6. The maximum absolute atomic E-state index is 13.3. The van der Waals surface area contributed by atoms with E-state index in [4.69, 9.17) is 14.6 Å². The quantitative estimate of drug-likeness (QED) is 0.303. The third kappa shape index (κ3) is 4.46. The molecule has 0 aliphatic carbocycles. The van der Waals surface area contributed by atoms with Crippen molar-refractivity contribution in [2.75, 3.05) is 19.1 Å². The van der Waals surface area contributed by atoms with E-state index in [2.05, 4.69) is 0 Å². The van der Waals surface area contributed by atoms with Crippen molar-refractivity contribution in [2.45, 2.75) is 12.5 Å². The van der Waals surface area contributed by atoms with Gasteiger partial charge in [0, 0.05) is 5.69 Å². The van der Waals surface area contributed by atoms with Gasteiger partial charge in [0.05, 0.1) is 37.8 Å². The SMILES string of the molecule is COc1ccc(OC)c(/C(O)=C2\C(=O)C(=O)N(c3ccc(CC(=O)O)cc3)C2c2ccccc2)c1. The Morgan fingerprint density at radius 1 is 0.914 bits per heavy atom. The number of nitrogens with zero attached hydrogens (tertiary/aromatic N) is 1. The summed E-state index contributed by atoms with van der Waals surface area (Å²) in [7, 11) is 2.91. The van der Waals surface area contributed by atoms with E-state index in [0.717, 1.165) is 0 Å². The Kier molecular flexibility index (Phi) is 6.55. The zero-order valence-corrected chi connectivity index (χ0v) is 19.1. The smallest absolute Gasteiger partial charge is 0.307 e. The molecule has 8 nitrogen and oxygen atoms in total. The van der Waals surface area contributed by atoms with E-state index in [9.17, 15) is 19.5 Å². The molecule has 1 fully saturated rings. The van der Waals surface area contributed by atoms with Gasteiger partial charge in [0.2, 0.25) is 0 Å². The molecule has 1 heterocycles. The van der Waals surface area contributed by atoms with Crippen molar-refractivity contribution in [1.82, 2.24) is 0 Å². The molecule has 8 heteroatoms. The van der Waals surface area contributed by atoms with Gasteiger partial charge in [-0.15, -0.1) is 0 Å². The van der Waals surface area contributed by atoms with Crippen LogP contribution in [0.5, 0.6) is 11.5 Å². The highest BCUT2D eigenvalue weighted by Crippen LogP contribution is 2.43. The van der Waals surface area contributed by atoms with E-state index in [0.29, 0.717) is 28.3 Å². The summed E-state index contributed by atoms with van der Waals surface area (Å²) in [6.45, 7) is 0. The number of rotatable bonds is 7. The summed E-state index contributed by atoms with van der Waals surface area (Å²) >= 11 is 0. The van der Waals surface area contributed by atoms with E-state index >= 15 is 0 Å². The number of amides is 1. The fourth-order valence-electron chi connectivity index (χ4n) is 4.14. The third-order valence-corrected chi connectivity index (χ3v) is 5.79. The van der Waals surface area contributed by atoms with E-state index < -0.39 is 29.5 Å². The number of carbonyl (C=O) groups is 3. The van der Waals surface area contributed by atoms with Crippen molar-refractivity contribution >= 4 is 29.1 Å². The van der Waals surface area contributed by atoms with Gasteiger partial charge in [0.15, 0.2) is 0 Å². The molecule has 3 aromatic carbocycles. The first-order valence-electron chi connectivity index (χ1n) is 10.7. The van der Waals surface area contributed by atoms with Crippen LogP contribution >= 0.6 is 0 Å². The lowest BCUT2D eigenvalue weighted by Crippen LogP contribution is -2.29. The van der Waals surface area contributed by atoms with Crippen LogP contribution < -0.4 is 14.4 Å². The number of benzene rings is 3. The normalized spacial score (nSPS) is 16.9. The van der Waals surface area contributed by atoms with Crippen LogP contribution in [0.1, 0.15) is 22.7 Å². The number of aliphatic carboxylic acids is 1.